The first kappa shape index (κ1) is 12.4. The predicted molar refractivity (Wildman–Crippen MR) is 63.1 cm³/mol. The summed E-state index contributed by atoms with van der Waals surface area (Å²) in [4.78, 5) is 0. The smallest absolute Gasteiger partial charge is 0.203 e. The summed E-state index contributed by atoms with van der Waals surface area (Å²) in [6.07, 6.45) is 1.66. The summed E-state index contributed by atoms with van der Waals surface area (Å²) in [6, 6.07) is 3.67. The molecule has 0 amide bonds. The third kappa shape index (κ3) is 2.67. The zero-order chi connectivity index (χ0) is 12.0. The number of rotatable bonds is 6. The van der Waals surface area contributed by atoms with Crippen LogP contribution in [0.5, 0.6) is 17.2 Å². The molecule has 1 aromatic carbocycles. The maximum atomic E-state index is 5.58. The summed E-state index contributed by atoms with van der Waals surface area (Å²) in [7, 11) is 3.16. The summed E-state index contributed by atoms with van der Waals surface area (Å²) in [6.45, 7) is 4.42. The molecule has 0 bridgehead atoms. The average molecular weight is 223 g/mol. The van der Waals surface area contributed by atoms with Crippen LogP contribution in [0, 0.1) is 0 Å². The molecule has 0 heterocycles. The van der Waals surface area contributed by atoms with Crippen LogP contribution in [-0.4, -0.2) is 20.8 Å². The highest BCUT2D eigenvalue weighted by molar-refractivity contribution is 5.53. The molecule has 0 saturated heterocycles. The molecule has 2 N–H and O–H groups in total. The van der Waals surface area contributed by atoms with E-state index in [1.165, 1.54) is 0 Å². The van der Waals surface area contributed by atoms with Crippen molar-refractivity contribution in [2.45, 2.75) is 6.54 Å². The van der Waals surface area contributed by atoms with Crippen molar-refractivity contribution >= 4 is 0 Å². The molecular weight excluding hydrogens is 206 g/mol. The van der Waals surface area contributed by atoms with Gasteiger partial charge >= 0.3 is 0 Å². The fourth-order valence-corrected chi connectivity index (χ4v) is 1.34. The average Bonchev–Trinajstić information content (AvgIpc) is 2.35. The van der Waals surface area contributed by atoms with Crippen molar-refractivity contribution in [3.63, 3.8) is 0 Å². The van der Waals surface area contributed by atoms with Crippen LogP contribution in [0.4, 0.5) is 0 Å². The Labute approximate surface area is 95.6 Å². The van der Waals surface area contributed by atoms with E-state index in [4.69, 9.17) is 19.9 Å². The van der Waals surface area contributed by atoms with E-state index >= 15 is 0 Å². The van der Waals surface area contributed by atoms with E-state index in [0.29, 0.717) is 30.4 Å². The van der Waals surface area contributed by atoms with Crippen molar-refractivity contribution in [1.29, 1.82) is 0 Å². The minimum absolute atomic E-state index is 0.398. The molecule has 0 radical (unpaired) electrons. The third-order valence-corrected chi connectivity index (χ3v) is 2.10. The van der Waals surface area contributed by atoms with Crippen molar-refractivity contribution in [3.8, 4) is 17.2 Å². The molecule has 16 heavy (non-hydrogen) atoms. The van der Waals surface area contributed by atoms with Crippen LogP contribution in [-0.2, 0) is 6.54 Å². The second kappa shape index (κ2) is 6.02. The van der Waals surface area contributed by atoms with E-state index in [1.54, 1.807) is 20.3 Å². The number of benzene rings is 1. The normalized spacial score (nSPS) is 9.69. The van der Waals surface area contributed by atoms with E-state index in [0.717, 1.165) is 5.56 Å². The first-order valence-electron chi connectivity index (χ1n) is 4.95. The van der Waals surface area contributed by atoms with Gasteiger partial charge in [0.05, 0.1) is 14.2 Å². The monoisotopic (exact) mass is 223 g/mol. The summed E-state index contributed by atoms with van der Waals surface area (Å²) in [5, 5.41) is 0. The number of hydrogen-bond donors (Lipinski definition) is 1. The standard InChI is InChI=1S/C12H17NO3/c1-4-5-16-12-10(14-2)6-9(8-13)7-11(12)15-3/h4,6-7H,1,5,8,13H2,2-3H3. The van der Waals surface area contributed by atoms with Crippen LogP contribution in [0.3, 0.4) is 0 Å². The molecule has 0 aliphatic heterocycles. The van der Waals surface area contributed by atoms with Crippen molar-refractivity contribution in [3.05, 3.63) is 30.4 Å². The Balaban J connectivity index is 3.14. The van der Waals surface area contributed by atoms with Crippen LogP contribution in [0.2, 0.25) is 0 Å². The zero-order valence-corrected chi connectivity index (χ0v) is 9.66. The van der Waals surface area contributed by atoms with E-state index in [2.05, 4.69) is 6.58 Å². The molecule has 0 atom stereocenters. The highest BCUT2D eigenvalue weighted by Crippen LogP contribution is 2.38. The molecule has 0 saturated carbocycles. The molecule has 0 aliphatic rings. The van der Waals surface area contributed by atoms with Gasteiger partial charge in [0.25, 0.3) is 0 Å². The van der Waals surface area contributed by atoms with Crippen molar-refractivity contribution in [1.82, 2.24) is 0 Å². The van der Waals surface area contributed by atoms with E-state index < -0.39 is 0 Å². The fraction of sp³-hybridized carbons (Fsp3) is 0.333. The van der Waals surface area contributed by atoms with Gasteiger partial charge in [-0.05, 0) is 17.7 Å². The van der Waals surface area contributed by atoms with Crippen molar-refractivity contribution < 1.29 is 14.2 Å². The Morgan fingerprint density at radius 2 is 1.81 bits per heavy atom. The zero-order valence-electron chi connectivity index (χ0n) is 9.66. The third-order valence-electron chi connectivity index (χ3n) is 2.10. The second-order valence-corrected chi connectivity index (χ2v) is 3.13. The van der Waals surface area contributed by atoms with Gasteiger partial charge in [-0.3, -0.25) is 0 Å². The second-order valence-electron chi connectivity index (χ2n) is 3.13. The number of methoxy groups -OCH3 is 2. The summed E-state index contributed by atoms with van der Waals surface area (Å²) >= 11 is 0. The molecule has 0 fully saturated rings. The van der Waals surface area contributed by atoms with E-state index in [9.17, 15) is 0 Å². The molecule has 1 rings (SSSR count). The predicted octanol–water partition coefficient (Wildman–Crippen LogP) is 1.73. The molecule has 0 aliphatic carbocycles. The van der Waals surface area contributed by atoms with Gasteiger partial charge in [-0.15, -0.1) is 0 Å². The minimum Gasteiger partial charge on any atom is -0.493 e. The largest absolute Gasteiger partial charge is 0.493 e. The van der Waals surface area contributed by atoms with Crippen LogP contribution in [0.15, 0.2) is 24.8 Å². The first-order valence-corrected chi connectivity index (χ1v) is 4.95. The van der Waals surface area contributed by atoms with Gasteiger partial charge in [-0.1, -0.05) is 12.7 Å². The van der Waals surface area contributed by atoms with Gasteiger partial charge < -0.3 is 19.9 Å². The maximum Gasteiger partial charge on any atom is 0.203 e. The van der Waals surface area contributed by atoms with Gasteiger partial charge in [0.1, 0.15) is 6.61 Å². The number of hydrogen-bond acceptors (Lipinski definition) is 4. The summed E-state index contributed by atoms with van der Waals surface area (Å²) in [5.41, 5.74) is 6.51. The van der Waals surface area contributed by atoms with Gasteiger partial charge in [-0.25, -0.2) is 0 Å². The lowest BCUT2D eigenvalue weighted by Crippen LogP contribution is -2.02. The quantitative estimate of drug-likeness (QED) is 0.746. The minimum atomic E-state index is 0.398. The molecule has 4 heteroatoms. The van der Waals surface area contributed by atoms with Gasteiger partial charge in [0.2, 0.25) is 5.75 Å². The van der Waals surface area contributed by atoms with Crippen LogP contribution >= 0.6 is 0 Å². The van der Waals surface area contributed by atoms with Gasteiger partial charge in [0.15, 0.2) is 11.5 Å². The fourth-order valence-electron chi connectivity index (χ4n) is 1.34. The van der Waals surface area contributed by atoms with Crippen LogP contribution in [0.25, 0.3) is 0 Å². The molecule has 1 aromatic rings. The van der Waals surface area contributed by atoms with Gasteiger partial charge in [-0.2, -0.15) is 0 Å². The Kier molecular flexibility index (Phi) is 4.66. The van der Waals surface area contributed by atoms with E-state index in [1.807, 2.05) is 12.1 Å². The molecule has 0 unspecified atom stereocenters. The van der Waals surface area contributed by atoms with Crippen LogP contribution < -0.4 is 19.9 Å². The highest BCUT2D eigenvalue weighted by atomic mass is 16.5. The number of ether oxygens (including phenoxy) is 3. The Morgan fingerprint density at radius 1 is 1.25 bits per heavy atom. The highest BCUT2D eigenvalue weighted by Gasteiger charge is 2.13. The summed E-state index contributed by atoms with van der Waals surface area (Å²) in [5.74, 6) is 1.80. The lowest BCUT2D eigenvalue weighted by molar-refractivity contribution is 0.300. The van der Waals surface area contributed by atoms with Crippen molar-refractivity contribution in [2.75, 3.05) is 20.8 Å². The Hall–Kier alpha value is -1.68. The lowest BCUT2D eigenvalue weighted by atomic mass is 10.2. The van der Waals surface area contributed by atoms with Crippen molar-refractivity contribution in [2.24, 2.45) is 5.73 Å². The molecule has 0 aromatic heterocycles. The van der Waals surface area contributed by atoms with Crippen LogP contribution in [0.1, 0.15) is 5.56 Å². The summed E-state index contributed by atoms with van der Waals surface area (Å²) < 4.78 is 16.0. The molecule has 4 nitrogen and oxygen atoms in total. The topological polar surface area (TPSA) is 53.7 Å². The van der Waals surface area contributed by atoms with Gasteiger partial charge in [0, 0.05) is 6.54 Å². The molecule has 0 spiro atoms. The first-order chi connectivity index (χ1) is 7.76. The lowest BCUT2D eigenvalue weighted by Gasteiger charge is -2.14. The Morgan fingerprint density at radius 3 is 2.19 bits per heavy atom. The molecule has 88 valence electrons. The maximum absolute atomic E-state index is 5.58. The van der Waals surface area contributed by atoms with E-state index in [-0.39, 0.29) is 0 Å². The molecular formula is C12H17NO3. The number of nitrogens with two attached hydrogens (primary N) is 1. The SMILES string of the molecule is C=CCOc1c(OC)cc(CN)cc1OC. The Bertz CT molecular complexity index is 338.